The molecule has 0 radical (unpaired) electrons. The summed E-state index contributed by atoms with van der Waals surface area (Å²) in [4.78, 5) is 32.1. The summed E-state index contributed by atoms with van der Waals surface area (Å²) < 4.78 is 0. The molecule has 0 saturated heterocycles. The van der Waals surface area contributed by atoms with Crippen molar-refractivity contribution in [3.05, 3.63) is 0 Å². The van der Waals surface area contributed by atoms with Crippen molar-refractivity contribution in [2.24, 2.45) is 17.8 Å². The monoisotopic (exact) mass is 216 g/mol. The quantitative estimate of drug-likeness (QED) is 0.624. The largest absolute Gasteiger partial charge is 0.481 e. The van der Waals surface area contributed by atoms with Gasteiger partial charge in [0.25, 0.3) is 0 Å². The van der Waals surface area contributed by atoms with Crippen LogP contribution in [-0.4, -0.2) is 33.2 Å². The highest BCUT2D eigenvalue weighted by molar-refractivity contribution is 5.78. The van der Waals surface area contributed by atoms with Crippen LogP contribution in [0.3, 0.4) is 0 Å². The van der Waals surface area contributed by atoms with E-state index in [1.54, 1.807) is 0 Å². The average molecular weight is 216 g/mol. The molecule has 1 rings (SSSR count). The minimum absolute atomic E-state index is 0.0223. The lowest BCUT2D eigenvalue weighted by molar-refractivity contribution is -0.153. The van der Waals surface area contributed by atoms with E-state index in [0.717, 1.165) is 0 Å². The maximum atomic E-state index is 10.7. The summed E-state index contributed by atoms with van der Waals surface area (Å²) in [6.07, 6.45) is 0.0668. The molecule has 0 spiro atoms. The van der Waals surface area contributed by atoms with Gasteiger partial charge in [-0.3, -0.25) is 14.4 Å². The highest BCUT2D eigenvalue weighted by Gasteiger charge is 2.38. The van der Waals surface area contributed by atoms with Crippen LogP contribution >= 0.6 is 0 Å². The normalized spacial score (nSPS) is 30.8. The van der Waals surface area contributed by atoms with Crippen molar-refractivity contribution in [2.45, 2.75) is 19.3 Å². The first-order valence-electron chi connectivity index (χ1n) is 4.60. The van der Waals surface area contributed by atoms with Crippen LogP contribution in [0.25, 0.3) is 0 Å². The first kappa shape index (κ1) is 11.5. The molecular formula is C9H12O6. The molecule has 84 valence electrons. The van der Waals surface area contributed by atoms with E-state index in [1.165, 1.54) is 0 Å². The maximum Gasteiger partial charge on any atom is 0.306 e. The highest BCUT2D eigenvalue weighted by Crippen LogP contribution is 2.33. The van der Waals surface area contributed by atoms with Crippen LogP contribution in [-0.2, 0) is 14.4 Å². The van der Waals surface area contributed by atoms with Crippen molar-refractivity contribution >= 4 is 17.9 Å². The third kappa shape index (κ3) is 2.68. The third-order valence-electron chi connectivity index (χ3n) is 2.75. The van der Waals surface area contributed by atoms with Gasteiger partial charge in [0, 0.05) is 0 Å². The molecule has 0 aromatic rings. The van der Waals surface area contributed by atoms with Gasteiger partial charge in [0.05, 0.1) is 17.8 Å². The van der Waals surface area contributed by atoms with Gasteiger partial charge in [0.2, 0.25) is 0 Å². The summed E-state index contributed by atoms with van der Waals surface area (Å²) in [5.41, 5.74) is 0. The predicted molar refractivity (Wildman–Crippen MR) is 47.2 cm³/mol. The molecule has 0 atom stereocenters. The number of carboxylic acids is 3. The molecular weight excluding hydrogens is 204 g/mol. The second-order valence-corrected chi connectivity index (χ2v) is 3.81. The Morgan fingerprint density at radius 3 is 1.00 bits per heavy atom. The minimum Gasteiger partial charge on any atom is -0.481 e. The van der Waals surface area contributed by atoms with E-state index in [-0.39, 0.29) is 19.3 Å². The number of hydrogen-bond acceptors (Lipinski definition) is 3. The fourth-order valence-corrected chi connectivity index (χ4v) is 1.92. The van der Waals surface area contributed by atoms with Crippen molar-refractivity contribution in [3.63, 3.8) is 0 Å². The molecule has 0 heterocycles. The van der Waals surface area contributed by atoms with Crippen LogP contribution in [0.5, 0.6) is 0 Å². The van der Waals surface area contributed by atoms with Crippen LogP contribution in [0.2, 0.25) is 0 Å². The molecule has 3 N–H and O–H groups in total. The lowest BCUT2D eigenvalue weighted by Gasteiger charge is -2.28. The summed E-state index contributed by atoms with van der Waals surface area (Å²) in [5, 5.41) is 26.3. The Labute approximate surface area is 85.5 Å². The topological polar surface area (TPSA) is 112 Å². The van der Waals surface area contributed by atoms with E-state index in [1.807, 2.05) is 0 Å². The van der Waals surface area contributed by atoms with Gasteiger partial charge in [-0.25, -0.2) is 0 Å². The molecule has 0 aliphatic heterocycles. The summed E-state index contributed by atoms with van der Waals surface area (Å²) in [7, 11) is 0. The van der Waals surface area contributed by atoms with E-state index < -0.39 is 35.7 Å². The zero-order valence-electron chi connectivity index (χ0n) is 7.92. The average Bonchev–Trinajstić information content (AvgIpc) is 2.16. The number of carbonyl (C=O) groups is 3. The van der Waals surface area contributed by atoms with Crippen molar-refractivity contribution in [2.75, 3.05) is 0 Å². The molecule has 15 heavy (non-hydrogen) atoms. The van der Waals surface area contributed by atoms with Crippen molar-refractivity contribution in [1.29, 1.82) is 0 Å². The van der Waals surface area contributed by atoms with Crippen LogP contribution < -0.4 is 0 Å². The summed E-state index contributed by atoms with van der Waals surface area (Å²) in [5.74, 6) is -5.94. The molecule has 6 heteroatoms. The zero-order chi connectivity index (χ0) is 11.6. The summed E-state index contributed by atoms with van der Waals surface area (Å²) in [6, 6.07) is 0. The molecule has 0 aromatic heterocycles. The standard InChI is InChI=1S/C9H12O6/c10-7(11)4-1-5(8(12)13)3-6(2-4)9(14)15/h4-6H,1-3H2,(H,10,11)(H,12,13)(H,14,15). The predicted octanol–water partition coefficient (Wildman–Crippen LogP) is 0.273. The van der Waals surface area contributed by atoms with Crippen LogP contribution in [0.4, 0.5) is 0 Å². The zero-order valence-corrected chi connectivity index (χ0v) is 7.92. The molecule has 6 nitrogen and oxygen atoms in total. The number of aliphatic carboxylic acids is 3. The van der Waals surface area contributed by atoms with E-state index in [9.17, 15) is 14.4 Å². The lowest BCUT2D eigenvalue weighted by Crippen LogP contribution is -2.34. The summed E-state index contributed by atoms with van der Waals surface area (Å²) >= 11 is 0. The number of rotatable bonds is 3. The first-order chi connectivity index (χ1) is 6.91. The molecule has 1 saturated carbocycles. The van der Waals surface area contributed by atoms with Crippen LogP contribution in [0.1, 0.15) is 19.3 Å². The van der Waals surface area contributed by atoms with E-state index in [2.05, 4.69) is 0 Å². The van der Waals surface area contributed by atoms with E-state index in [4.69, 9.17) is 15.3 Å². The lowest BCUT2D eigenvalue weighted by atomic mass is 9.75. The van der Waals surface area contributed by atoms with Gasteiger partial charge in [0.1, 0.15) is 0 Å². The van der Waals surface area contributed by atoms with Gasteiger partial charge >= 0.3 is 17.9 Å². The van der Waals surface area contributed by atoms with Gasteiger partial charge in [-0.1, -0.05) is 0 Å². The molecule has 1 aliphatic carbocycles. The smallest absolute Gasteiger partial charge is 0.306 e. The molecule has 1 fully saturated rings. The number of hydrogen-bond donors (Lipinski definition) is 3. The summed E-state index contributed by atoms with van der Waals surface area (Å²) in [6.45, 7) is 0. The Bertz CT molecular complexity index is 243. The van der Waals surface area contributed by atoms with Crippen LogP contribution in [0, 0.1) is 17.8 Å². The van der Waals surface area contributed by atoms with Gasteiger partial charge in [-0.2, -0.15) is 0 Å². The Balaban J connectivity index is 2.77. The highest BCUT2D eigenvalue weighted by atomic mass is 16.4. The van der Waals surface area contributed by atoms with Crippen LogP contribution in [0.15, 0.2) is 0 Å². The van der Waals surface area contributed by atoms with Gasteiger partial charge in [-0.15, -0.1) is 0 Å². The maximum absolute atomic E-state index is 10.7. The Kier molecular flexibility index (Phi) is 3.28. The van der Waals surface area contributed by atoms with E-state index in [0.29, 0.717) is 0 Å². The fraction of sp³-hybridized carbons (Fsp3) is 0.667. The molecule has 0 unspecified atom stereocenters. The molecule has 1 aliphatic rings. The minimum atomic E-state index is -1.12. The van der Waals surface area contributed by atoms with Gasteiger partial charge in [-0.05, 0) is 19.3 Å². The Hall–Kier alpha value is -1.59. The van der Waals surface area contributed by atoms with Crippen molar-refractivity contribution < 1.29 is 29.7 Å². The second kappa shape index (κ2) is 4.29. The second-order valence-electron chi connectivity index (χ2n) is 3.81. The van der Waals surface area contributed by atoms with Gasteiger partial charge < -0.3 is 15.3 Å². The first-order valence-corrected chi connectivity index (χ1v) is 4.60. The van der Waals surface area contributed by atoms with Crippen molar-refractivity contribution in [3.8, 4) is 0 Å². The third-order valence-corrected chi connectivity index (χ3v) is 2.75. The molecule has 0 bridgehead atoms. The van der Waals surface area contributed by atoms with Gasteiger partial charge in [0.15, 0.2) is 0 Å². The SMILES string of the molecule is O=C(O)C1CC(C(=O)O)CC(C(=O)O)C1. The van der Waals surface area contributed by atoms with Crippen molar-refractivity contribution in [1.82, 2.24) is 0 Å². The fourth-order valence-electron chi connectivity index (χ4n) is 1.92. The molecule has 0 amide bonds. The Morgan fingerprint density at radius 1 is 0.667 bits per heavy atom. The van der Waals surface area contributed by atoms with E-state index >= 15 is 0 Å². The Morgan fingerprint density at radius 2 is 0.867 bits per heavy atom. The molecule has 0 aromatic carbocycles. The number of carboxylic acid groups (broad SMARTS) is 3.